The Labute approximate surface area is 89.4 Å². The molecule has 1 aromatic carbocycles. The quantitative estimate of drug-likeness (QED) is 0.814. The smallest absolute Gasteiger partial charge is 0.251 e. The van der Waals surface area contributed by atoms with Gasteiger partial charge >= 0.3 is 0 Å². The third-order valence-electron chi connectivity index (χ3n) is 2.60. The van der Waals surface area contributed by atoms with Gasteiger partial charge in [-0.2, -0.15) is 0 Å². The van der Waals surface area contributed by atoms with Crippen LogP contribution >= 0.6 is 0 Å². The number of methoxy groups -OCH3 is 1. The van der Waals surface area contributed by atoms with Crippen molar-refractivity contribution < 1.29 is 9.53 Å². The number of hydrogen-bond donors (Lipinski definition) is 1. The molecule has 0 heterocycles. The number of hydrogen-bond acceptors (Lipinski definition) is 2. The topological polar surface area (TPSA) is 38.3 Å². The van der Waals surface area contributed by atoms with Crippen LogP contribution in [0.5, 0.6) is 5.75 Å². The van der Waals surface area contributed by atoms with Gasteiger partial charge in [-0.15, -0.1) is 0 Å². The molecular weight excluding hydrogens is 190 g/mol. The van der Waals surface area contributed by atoms with Crippen molar-refractivity contribution in [2.75, 3.05) is 13.7 Å². The van der Waals surface area contributed by atoms with Gasteiger partial charge < -0.3 is 10.1 Å². The molecule has 0 spiro atoms. The van der Waals surface area contributed by atoms with Crippen LogP contribution in [0, 0.1) is 5.92 Å². The molecule has 1 saturated carbocycles. The third kappa shape index (κ3) is 2.72. The lowest BCUT2D eigenvalue weighted by Crippen LogP contribution is -2.25. The Morgan fingerprint density at radius 1 is 1.40 bits per heavy atom. The third-order valence-corrected chi connectivity index (χ3v) is 2.60. The number of ether oxygens (including phenoxy) is 1. The molecule has 0 aromatic heterocycles. The molecule has 1 N–H and O–H groups in total. The van der Waals surface area contributed by atoms with Gasteiger partial charge in [0.1, 0.15) is 5.75 Å². The Hall–Kier alpha value is -1.51. The van der Waals surface area contributed by atoms with Crippen molar-refractivity contribution in [2.24, 2.45) is 5.92 Å². The van der Waals surface area contributed by atoms with Crippen LogP contribution in [0.2, 0.25) is 0 Å². The lowest BCUT2D eigenvalue weighted by Gasteiger charge is -2.04. The van der Waals surface area contributed by atoms with Crippen LogP contribution in [0.15, 0.2) is 24.3 Å². The van der Waals surface area contributed by atoms with Crippen LogP contribution in [0.4, 0.5) is 0 Å². The maximum atomic E-state index is 11.6. The van der Waals surface area contributed by atoms with Gasteiger partial charge in [0.25, 0.3) is 5.91 Å². The Morgan fingerprint density at radius 3 is 2.60 bits per heavy atom. The molecule has 1 aliphatic carbocycles. The monoisotopic (exact) mass is 205 g/mol. The molecule has 1 aliphatic rings. The second-order valence-electron chi connectivity index (χ2n) is 3.88. The predicted molar refractivity (Wildman–Crippen MR) is 58.1 cm³/mol. The molecular formula is C12H15NO2. The summed E-state index contributed by atoms with van der Waals surface area (Å²) in [7, 11) is 1.61. The van der Waals surface area contributed by atoms with Crippen LogP contribution in [0.1, 0.15) is 23.2 Å². The summed E-state index contributed by atoms with van der Waals surface area (Å²) in [6.07, 6.45) is 2.51. The minimum Gasteiger partial charge on any atom is -0.497 e. The highest BCUT2D eigenvalue weighted by atomic mass is 16.5. The van der Waals surface area contributed by atoms with Gasteiger partial charge in [-0.05, 0) is 43.0 Å². The van der Waals surface area contributed by atoms with E-state index in [0.29, 0.717) is 11.5 Å². The fourth-order valence-corrected chi connectivity index (χ4v) is 1.40. The summed E-state index contributed by atoms with van der Waals surface area (Å²) in [5.41, 5.74) is 0.691. The number of rotatable bonds is 4. The SMILES string of the molecule is COc1ccc(C(=O)NCC2CC2)cc1. The largest absolute Gasteiger partial charge is 0.497 e. The standard InChI is InChI=1S/C12H15NO2/c1-15-11-6-4-10(5-7-11)12(14)13-8-9-2-3-9/h4-7,9H,2-3,8H2,1H3,(H,13,14). The normalized spacial score (nSPS) is 14.7. The van der Waals surface area contributed by atoms with Gasteiger partial charge in [0.15, 0.2) is 0 Å². The summed E-state index contributed by atoms with van der Waals surface area (Å²) in [4.78, 5) is 11.6. The zero-order valence-corrected chi connectivity index (χ0v) is 8.82. The van der Waals surface area contributed by atoms with E-state index in [1.54, 1.807) is 31.4 Å². The Bertz CT molecular complexity index is 341. The van der Waals surface area contributed by atoms with E-state index in [4.69, 9.17) is 4.74 Å². The zero-order valence-electron chi connectivity index (χ0n) is 8.82. The average Bonchev–Trinajstić information content (AvgIpc) is 3.10. The van der Waals surface area contributed by atoms with Gasteiger partial charge in [0.05, 0.1) is 7.11 Å². The highest BCUT2D eigenvalue weighted by Crippen LogP contribution is 2.27. The molecule has 0 atom stereocenters. The maximum absolute atomic E-state index is 11.6. The first-order valence-electron chi connectivity index (χ1n) is 5.22. The second-order valence-corrected chi connectivity index (χ2v) is 3.88. The Balaban J connectivity index is 1.91. The zero-order chi connectivity index (χ0) is 10.7. The van der Waals surface area contributed by atoms with Crippen LogP contribution in [-0.4, -0.2) is 19.6 Å². The average molecular weight is 205 g/mol. The molecule has 1 aromatic rings. The van der Waals surface area contributed by atoms with E-state index in [-0.39, 0.29) is 5.91 Å². The number of carbonyl (C=O) groups is 1. The number of nitrogens with one attached hydrogen (secondary N) is 1. The maximum Gasteiger partial charge on any atom is 0.251 e. The number of benzene rings is 1. The summed E-state index contributed by atoms with van der Waals surface area (Å²) in [6.45, 7) is 0.810. The van der Waals surface area contributed by atoms with Crippen molar-refractivity contribution in [3.63, 3.8) is 0 Å². The minimum absolute atomic E-state index is 0.00422. The number of carbonyl (C=O) groups excluding carboxylic acids is 1. The van der Waals surface area contributed by atoms with Gasteiger partial charge in [-0.3, -0.25) is 4.79 Å². The molecule has 80 valence electrons. The first kappa shape index (κ1) is 10.0. The summed E-state index contributed by atoms with van der Waals surface area (Å²) in [6, 6.07) is 7.15. The van der Waals surface area contributed by atoms with Gasteiger partial charge in [-0.25, -0.2) is 0 Å². The summed E-state index contributed by atoms with van der Waals surface area (Å²) >= 11 is 0. The van der Waals surface area contributed by atoms with Crippen molar-refractivity contribution in [1.82, 2.24) is 5.32 Å². The highest BCUT2D eigenvalue weighted by Gasteiger charge is 2.21. The van der Waals surface area contributed by atoms with Gasteiger partial charge in [0, 0.05) is 12.1 Å². The van der Waals surface area contributed by atoms with Crippen LogP contribution in [0.25, 0.3) is 0 Å². The fraction of sp³-hybridized carbons (Fsp3) is 0.417. The lowest BCUT2D eigenvalue weighted by molar-refractivity contribution is 0.0952. The molecule has 0 aliphatic heterocycles. The molecule has 2 rings (SSSR count). The van der Waals surface area contributed by atoms with Gasteiger partial charge in [0.2, 0.25) is 0 Å². The van der Waals surface area contributed by atoms with E-state index in [1.807, 2.05) is 0 Å². The second kappa shape index (κ2) is 4.34. The van der Waals surface area contributed by atoms with Crippen molar-refractivity contribution in [3.8, 4) is 5.75 Å². The predicted octanol–water partition coefficient (Wildman–Crippen LogP) is 1.83. The molecule has 1 amide bonds. The molecule has 0 saturated heterocycles. The minimum atomic E-state index is 0.00422. The first-order valence-corrected chi connectivity index (χ1v) is 5.22. The van der Waals surface area contributed by atoms with E-state index in [2.05, 4.69) is 5.32 Å². The van der Waals surface area contributed by atoms with E-state index < -0.39 is 0 Å². The van der Waals surface area contributed by atoms with Crippen molar-refractivity contribution in [2.45, 2.75) is 12.8 Å². The van der Waals surface area contributed by atoms with Crippen LogP contribution in [0.3, 0.4) is 0 Å². The fourth-order valence-electron chi connectivity index (χ4n) is 1.40. The number of amides is 1. The molecule has 1 fully saturated rings. The molecule has 0 radical (unpaired) electrons. The van der Waals surface area contributed by atoms with E-state index in [9.17, 15) is 4.79 Å². The van der Waals surface area contributed by atoms with Crippen molar-refractivity contribution in [3.05, 3.63) is 29.8 Å². The molecule has 0 bridgehead atoms. The molecule has 3 nitrogen and oxygen atoms in total. The summed E-state index contributed by atoms with van der Waals surface area (Å²) in [5, 5.41) is 2.92. The Morgan fingerprint density at radius 2 is 2.07 bits per heavy atom. The van der Waals surface area contributed by atoms with Crippen LogP contribution < -0.4 is 10.1 Å². The van der Waals surface area contributed by atoms with Crippen molar-refractivity contribution in [1.29, 1.82) is 0 Å². The molecule has 15 heavy (non-hydrogen) atoms. The molecule has 3 heteroatoms. The lowest BCUT2D eigenvalue weighted by atomic mass is 10.2. The summed E-state index contributed by atoms with van der Waals surface area (Å²) < 4.78 is 5.03. The van der Waals surface area contributed by atoms with E-state index >= 15 is 0 Å². The Kier molecular flexibility index (Phi) is 2.90. The molecule has 0 unspecified atom stereocenters. The van der Waals surface area contributed by atoms with E-state index in [0.717, 1.165) is 12.3 Å². The summed E-state index contributed by atoms with van der Waals surface area (Å²) in [5.74, 6) is 1.49. The highest BCUT2D eigenvalue weighted by molar-refractivity contribution is 5.94. The van der Waals surface area contributed by atoms with E-state index in [1.165, 1.54) is 12.8 Å². The van der Waals surface area contributed by atoms with Crippen LogP contribution in [-0.2, 0) is 0 Å². The van der Waals surface area contributed by atoms with Gasteiger partial charge in [-0.1, -0.05) is 0 Å². The van der Waals surface area contributed by atoms with Crippen molar-refractivity contribution >= 4 is 5.91 Å². The first-order chi connectivity index (χ1) is 7.29.